The third-order valence-corrected chi connectivity index (χ3v) is 4.64. The Morgan fingerprint density at radius 2 is 2.19 bits per heavy atom. The molecule has 0 radical (unpaired) electrons. The molecule has 2 heterocycles. The molecule has 1 aliphatic carbocycles. The van der Waals surface area contributed by atoms with Gasteiger partial charge in [0.25, 0.3) is 5.91 Å². The monoisotopic (exact) mass is 321 g/mol. The van der Waals surface area contributed by atoms with Crippen molar-refractivity contribution in [1.82, 2.24) is 10.3 Å². The Morgan fingerprint density at radius 3 is 2.90 bits per heavy atom. The van der Waals surface area contributed by atoms with Crippen LogP contribution in [0.2, 0.25) is 0 Å². The molecule has 110 valence electrons. The summed E-state index contributed by atoms with van der Waals surface area (Å²) < 4.78 is 0. The van der Waals surface area contributed by atoms with E-state index in [-0.39, 0.29) is 18.2 Å². The SMILES string of the molecule is O=C(CCNC(=O)c1ccsc1)Nc1nc(C2CC2)cs1. The molecule has 0 unspecified atom stereocenters. The van der Waals surface area contributed by atoms with Gasteiger partial charge >= 0.3 is 0 Å². The topological polar surface area (TPSA) is 71.1 Å². The normalized spacial score (nSPS) is 13.9. The summed E-state index contributed by atoms with van der Waals surface area (Å²) in [5, 5.41) is 11.8. The summed E-state index contributed by atoms with van der Waals surface area (Å²) in [7, 11) is 0. The molecule has 21 heavy (non-hydrogen) atoms. The maximum absolute atomic E-state index is 11.8. The van der Waals surface area contributed by atoms with Crippen LogP contribution in [0.5, 0.6) is 0 Å². The average Bonchev–Trinajstić information content (AvgIpc) is 2.99. The van der Waals surface area contributed by atoms with Crippen molar-refractivity contribution in [2.75, 3.05) is 11.9 Å². The Hall–Kier alpha value is -1.73. The molecule has 0 atom stereocenters. The summed E-state index contributed by atoms with van der Waals surface area (Å²) in [6.45, 7) is 0.321. The maximum Gasteiger partial charge on any atom is 0.252 e. The van der Waals surface area contributed by atoms with Crippen molar-refractivity contribution in [1.29, 1.82) is 0 Å². The summed E-state index contributed by atoms with van der Waals surface area (Å²) >= 11 is 2.93. The molecule has 1 aliphatic rings. The van der Waals surface area contributed by atoms with E-state index < -0.39 is 0 Å². The molecule has 0 aromatic carbocycles. The minimum atomic E-state index is -0.144. The van der Waals surface area contributed by atoms with Gasteiger partial charge in [-0.25, -0.2) is 4.98 Å². The fourth-order valence-electron chi connectivity index (χ4n) is 1.88. The first-order chi connectivity index (χ1) is 10.2. The second kappa shape index (κ2) is 6.36. The second-order valence-corrected chi connectivity index (χ2v) is 6.56. The number of hydrogen-bond donors (Lipinski definition) is 2. The van der Waals surface area contributed by atoms with Crippen LogP contribution in [0.15, 0.2) is 22.2 Å². The van der Waals surface area contributed by atoms with E-state index >= 15 is 0 Å². The molecular formula is C14H15N3O2S2. The highest BCUT2D eigenvalue weighted by molar-refractivity contribution is 7.14. The Labute approximate surface area is 130 Å². The van der Waals surface area contributed by atoms with Crippen LogP contribution in [0.4, 0.5) is 5.13 Å². The van der Waals surface area contributed by atoms with Crippen molar-refractivity contribution in [3.63, 3.8) is 0 Å². The first kappa shape index (κ1) is 14.2. The predicted octanol–water partition coefficient (Wildman–Crippen LogP) is 2.84. The molecule has 0 aliphatic heterocycles. The van der Waals surface area contributed by atoms with Crippen molar-refractivity contribution < 1.29 is 9.59 Å². The first-order valence-electron chi connectivity index (χ1n) is 6.78. The zero-order valence-electron chi connectivity index (χ0n) is 11.3. The smallest absolute Gasteiger partial charge is 0.252 e. The summed E-state index contributed by atoms with van der Waals surface area (Å²) in [5.41, 5.74) is 1.72. The zero-order valence-corrected chi connectivity index (χ0v) is 12.9. The number of nitrogens with zero attached hydrogens (tertiary/aromatic N) is 1. The summed E-state index contributed by atoms with van der Waals surface area (Å²) in [6.07, 6.45) is 2.64. The van der Waals surface area contributed by atoms with Crippen LogP contribution in [0.25, 0.3) is 0 Å². The number of rotatable bonds is 6. The minimum absolute atomic E-state index is 0.127. The predicted molar refractivity (Wildman–Crippen MR) is 84.0 cm³/mol. The van der Waals surface area contributed by atoms with Gasteiger partial charge in [0.05, 0.1) is 5.69 Å². The minimum Gasteiger partial charge on any atom is -0.351 e. The summed E-state index contributed by atoms with van der Waals surface area (Å²) in [4.78, 5) is 27.9. The van der Waals surface area contributed by atoms with Crippen molar-refractivity contribution in [3.05, 3.63) is 33.5 Å². The van der Waals surface area contributed by atoms with Crippen molar-refractivity contribution in [3.8, 4) is 0 Å². The van der Waals surface area contributed by atoms with Gasteiger partial charge in [0.15, 0.2) is 5.13 Å². The third-order valence-electron chi connectivity index (χ3n) is 3.18. The van der Waals surface area contributed by atoms with Gasteiger partial charge in [-0.05, 0) is 24.3 Å². The van der Waals surface area contributed by atoms with Crippen LogP contribution >= 0.6 is 22.7 Å². The maximum atomic E-state index is 11.8. The first-order valence-corrected chi connectivity index (χ1v) is 8.60. The molecule has 2 aromatic rings. The van der Waals surface area contributed by atoms with E-state index in [2.05, 4.69) is 15.6 Å². The fourth-order valence-corrected chi connectivity index (χ4v) is 3.32. The van der Waals surface area contributed by atoms with Gasteiger partial charge in [-0.2, -0.15) is 11.3 Å². The van der Waals surface area contributed by atoms with E-state index in [0.29, 0.717) is 23.2 Å². The third kappa shape index (κ3) is 3.89. The lowest BCUT2D eigenvalue weighted by Gasteiger charge is -2.03. The van der Waals surface area contributed by atoms with Crippen LogP contribution in [0, 0.1) is 0 Å². The highest BCUT2D eigenvalue weighted by Crippen LogP contribution is 2.40. The van der Waals surface area contributed by atoms with Crippen molar-refractivity contribution in [2.45, 2.75) is 25.2 Å². The van der Waals surface area contributed by atoms with E-state index in [9.17, 15) is 9.59 Å². The number of thiophene rings is 1. The van der Waals surface area contributed by atoms with E-state index in [1.54, 1.807) is 11.4 Å². The Balaban J connectivity index is 1.40. The van der Waals surface area contributed by atoms with Gasteiger partial charge in [0, 0.05) is 35.2 Å². The lowest BCUT2D eigenvalue weighted by molar-refractivity contribution is -0.116. The molecule has 1 saturated carbocycles. The molecule has 2 N–H and O–H groups in total. The molecular weight excluding hydrogens is 306 g/mol. The molecule has 5 nitrogen and oxygen atoms in total. The Kier molecular flexibility index (Phi) is 4.31. The molecule has 3 rings (SSSR count). The number of carbonyl (C=O) groups excluding carboxylic acids is 2. The van der Waals surface area contributed by atoms with E-state index in [0.717, 1.165) is 5.69 Å². The highest BCUT2D eigenvalue weighted by atomic mass is 32.1. The van der Waals surface area contributed by atoms with Crippen LogP contribution in [-0.2, 0) is 4.79 Å². The number of aromatic nitrogens is 1. The second-order valence-electron chi connectivity index (χ2n) is 4.92. The molecule has 7 heteroatoms. The number of hydrogen-bond acceptors (Lipinski definition) is 5. The summed E-state index contributed by atoms with van der Waals surface area (Å²) in [6, 6.07) is 1.76. The van der Waals surface area contributed by atoms with Crippen LogP contribution < -0.4 is 10.6 Å². The summed E-state index contributed by atoms with van der Waals surface area (Å²) in [5.74, 6) is 0.323. The van der Waals surface area contributed by atoms with Gasteiger partial charge in [-0.1, -0.05) is 0 Å². The van der Waals surface area contributed by atoms with E-state index in [1.165, 1.54) is 35.5 Å². The van der Waals surface area contributed by atoms with Gasteiger partial charge < -0.3 is 10.6 Å². The number of thiazole rings is 1. The number of carbonyl (C=O) groups is 2. The lowest BCUT2D eigenvalue weighted by Crippen LogP contribution is -2.27. The number of nitrogens with one attached hydrogen (secondary N) is 2. The highest BCUT2D eigenvalue weighted by Gasteiger charge is 2.26. The zero-order chi connectivity index (χ0) is 14.7. The van der Waals surface area contributed by atoms with Gasteiger partial charge in [0.2, 0.25) is 5.91 Å². The van der Waals surface area contributed by atoms with Crippen LogP contribution in [0.3, 0.4) is 0 Å². The van der Waals surface area contributed by atoms with Gasteiger partial charge in [-0.15, -0.1) is 11.3 Å². The van der Waals surface area contributed by atoms with Crippen molar-refractivity contribution >= 4 is 39.6 Å². The van der Waals surface area contributed by atoms with Crippen molar-refractivity contribution in [2.24, 2.45) is 0 Å². The van der Waals surface area contributed by atoms with Gasteiger partial charge in [0.1, 0.15) is 0 Å². The van der Waals surface area contributed by atoms with E-state index in [1.807, 2.05) is 10.8 Å². The van der Waals surface area contributed by atoms with E-state index in [4.69, 9.17) is 0 Å². The molecule has 0 saturated heterocycles. The van der Waals surface area contributed by atoms with Crippen LogP contribution in [0.1, 0.15) is 41.2 Å². The van der Waals surface area contributed by atoms with Crippen LogP contribution in [-0.4, -0.2) is 23.3 Å². The molecule has 2 amide bonds. The Morgan fingerprint density at radius 1 is 1.33 bits per heavy atom. The fraction of sp³-hybridized carbons (Fsp3) is 0.357. The number of amides is 2. The largest absolute Gasteiger partial charge is 0.351 e. The lowest BCUT2D eigenvalue weighted by atomic mass is 10.3. The molecule has 2 aromatic heterocycles. The molecule has 0 spiro atoms. The Bertz CT molecular complexity index is 632. The number of anilines is 1. The van der Waals surface area contributed by atoms with Gasteiger partial charge in [-0.3, -0.25) is 9.59 Å². The molecule has 0 bridgehead atoms. The average molecular weight is 321 g/mol. The molecule has 1 fully saturated rings. The quantitative estimate of drug-likeness (QED) is 0.859. The standard InChI is InChI=1S/C14H15N3O2S2/c18-12(3-5-15-13(19)10-4-6-20-7-10)17-14-16-11(8-21-14)9-1-2-9/h4,6-9H,1-3,5H2,(H,15,19)(H,16,17,18).